The summed E-state index contributed by atoms with van der Waals surface area (Å²) in [6.45, 7) is 6.27. The number of rotatable bonds is 5. The number of nitrogens with one attached hydrogen (secondary N) is 1. The molecule has 4 nitrogen and oxygen atoms in total. The number of carbonyl (C=O) groups excluding carboxylic acids is 1. The zero-order chi connectivity index (χ0) is 14.5. The van der Waals surface area contributed by atoms with E-state index >= 15 is 0 Å². The lowest BCUT2D eigenvalue weighted by atomic mass is 10.2. The highest BCUT2D eigenvalue weighted by Gasteiger charge is 2.16. The first-order valence-electron chi connectivity index (χ1n) is 6.56. The first-order valence-corrected chi connectivity index (χ1v) is 7.38. The molecule has 5 heteroatoms. The number of thiophene rings is 1. The Labute approximate surface area is 122 Å². The Bertz CT molecular complexity index is 595. The number of anilines is 1. The summed E-state index contributed by atoms with van der Waals surface area (Å²) in [5, 5.41) is 3.28. The fourth-order valence-electron chi connectivity index (χ4n) is 1.86. The molecular formula is C15H18N2O2S. The zero-order valence-electron chi connectivity index (χ0n) is 11.8. The molecule has 0 aliphatic carbocycles. The summed E-state index contributed by atoms with van der Waals surface area (Å²) in [5.74, 6) is 0.210. The van der Waals surface area contributed by atoms with Crippen LogP contribution in [0, 0.1) is 6.92 Å². The Kier molecular flexibility index (Phi) is 4.74. The van der Waals surface area contributed by atoms with Gasteiger partial charge in [-0.15, -0.1) is 11.3 Å². The minimum atomic E-state index is -0.349. The average molecular weight is 290 g/mol. The van der Waals surface area contributed by atoms with Crippen molar-refractivity contribution in [3.63, 3.8) is 0 Å². The van der Waals surface area contributed by atoms with E-state index in [9.17, 15) is 4.79 Å². The lowest BCUT2D eigenvalue weighted by Crippen LogP contribution is -2.13. The van der Waals surface area contributed by atoms with Gasteiger partial charge < -0.3 is 10.1 Å². The number of hydrogen-bond donors (Lipinski definition) is 1. The summed E-state index contributed by atoms with van der Waals surface area (Å²) >= 11 is 1.73. The fourth-order valence-corrected chi connectivity index (χ4v) is 2.74. The Hall–Kier alpha value is -1.88. The smallest absolute Gasteiger partial charge is 0.341 e. The van der Waals surface area contributed by atoms with Gasteiger partial charge in [0.25, 0.3) is 0 Å². The Morgan fingerprint density at radius 2 is 2.25 bits per heavy atom. The van der Waals surface area contributed by atoms with E-state index in [0.29, 0.717) is 18.0 Å². The third kappa shape index (κ3) is 3.36. The minimum absolute atomic E-state index is 0.0942. The number of hydrogen-bond acceptors (Lipinski definition) is 5. The molecule has 20 heavy (non-hydrogen) atoms. The molecule has 0 spiro atoms. The number of aromatic nitrogens is 1. The van der Waals surface area contributed by atoms with Crippen molar-refractivity contribution >= 4 is 23.1 Å². The molecule has 0 radical (unpaired) electrons. The van der Waals surface area contributed by atoms with Crippen LogP contribution in [0.15, 0.2) is 30.5 Å². The van der Waals surface area contributed by atoms with Crippen molar-refractivity contribution in [3.05, 3.63) is 45.8 Å². The van der Waals surface area contributed by atoms with Crippen molar-refractivity contribution in [1.82, 2.24) is 4.98 Å². The van der Waals surface area contributed by atoms with Crippen LogP contribution in [0.4, 0.5) is 5.82 Å². The largest absolute Gasteiger partial charge is 0.462 e. The number of nitrogens with zero attached hydrogens (tertiary/aromatic N) is 1. The molecule has 0 fully saturated rings. The van der Waals surface area contributed by atoms with Gasteiger partial charge in [-0.2, -0.15) is 0 Å². The van der Waals surface area contributed by atoms with E-state index < -0.39 is 0 Å². The van der Waals surface area contributed by atoms with E-state index in [-0.39, 0.29) is 12.0 Å². The van der Waals surface area contributed by atoms with E-state index in [1.165, 1.54) is 9.75 Å². The van der Waals surface area contributed by atoms with Gasteiger partial charge in [-0.05, 0) is 45.0 Å². The van der Waals surface area contributed by atoms with Crippen molar-refractivity contribution in [1.29, 1.82) is 0 Å². The first-order chi connectivity index (χ1) is 9.61. The van der Waals surface area contributed by atoms with E-state index in [4.69, 9.17) is 4.74 Å². The van der Waals surface area contributed by atoms with Crippen LogP contribution in [-0.4, -0.2) is 17.6 Å². The minimum Gasteiger partial charge on any atom is -0.462 e. The van der Waals surface area contributed by atoms with Crippen molar-refractivity contribution < 1.29 is 9.53 Å². The maximum atomic E-state index is 11.9. The van der Waals surface area contributed by atoms with Gasteiger partial charge in [0.15, 0.2) is 0 Å². The highest BCUT2D eigenvalue weighted by molar-refractivity contribution is 7.12. The highest BCUT2D eigenvalue weighted by atomic mass is 32.1. The number of ether oxygens (including phenoxy) is 1. The molecule has 2 aromatic rings. The summed E-state index contributed by atoms with van der Waals surface area (Å²) in [6.07, 6.45) is 1.66. The van der Waals surface area contributed by atoms with Crippen LogP contribution in [0.25, 0.3) is 0 Å². The summed E-state index contributed by atoms with van der Waals surface area (Å²) < 4.78 is 5.04. The summed E-state index contributed by atoms with van der Waals surface area (Å²) in [7, 11) is 0. The average Bonchev–Trinajstić information content (AvgIpc) is 2.86. The highest BCUT2D eigenvalue weighted by Crippen LogP contribution is 2.26. The molecule has 0 bridgehead atoms. The van der Waals surface area contributed by atoms with Crippen LogP contribution >= 0.6 is 11.3 Å². The molecule has 2 rings (SSSR count). The topological polar surface area (TPSA) is 51.2 Å². The van der Waals surface area contributed by atoms with E-state index in [2.05, 4.69) is 36.3 Å². The monoisotopic (exact) mass is 290 g/mol. The number of aryl methyl sites for hydroxylation is 1. The molecule has 2 aromatic heterocycles. The van der Waals surface area contributed by atoms with Crippen molar-refractivity contribution in [2.45, 2.75) is 26.8 Å². The predicted octanol–water partition coefficient (Wildman–Crippen LogP) is 3.80. The second kappa shape index (κ2) is 6.52. The van der Waals surface area contributed by atoms with Gasteiger partial charge in [0.05, 0.1) is 12.6 Å². The van der Waals surface area contributed by atoms with Crippen LogP contribution < -0.4 is 5.32 Å². The molecule has 0 amide bonds. The van der Waals surface area contributed by atoms with Gasteiger partial charge >= 0.3 is 5.97 Å². The molecular weight excluding hydrogens is 272 g/mol. The van der Waals surface area contributed by atoms with Gasteiger partial charge in [0, 0.05) is 16.0 Å². The summed E-state index contributed by atoms with van der Waals surface area (Å²) in [4.78, 5) is 18.6. The molecule has 2 heterocycles. The van der Waals surface area contributed by atoms with E-state index in [1.807, 2.05) is 0 Å². The zero-order valence-corrected chi connectivity index (χ0v) is 12.7. The van der Waals surface area contributed by atoms with Gasteiger partial charge in [-0.25, -0.2) is 9.78 Å². The van der Waals surface area contributed by atoms with E-state index in [1.54, 1.807) is 36.6 Å². The quantitative estimate of drug-likeness (QED) is 0.851. The lowest BCUT2D eigenvalue weighted by molar-refractivity contribution is 0.0527. The second-order valence-electron chi connectivity index (χ2n) is 4.43. The van der Waals surface area contributed by atoms with Crippen LogP contribution in [0.3, 0.4) is 0 Å². The third-order valence-corrected chi connectivity index (χ3v) is 4.03. The number of carbonyl (C=O) groups is 1. The van der Waals surface area contributed by atoms with Gasteiger partial charge in [0.1, 0.15) is 11.4 Å². The Morgan fingerprint density at radius 1 is 1.45 bits per heavy atom. The first kappa shape index (κ1) is 14.5. The second-order valence-corrected chi connectivity index (χ2v) is 5.75. The lowest BCUT2D eigenvalue weighted by Gasteiger charge is -2.15. The number of esters is 1. The van der Waals surface area contributed by atoms with Crippen LogP contribution in [-0.2, 0) is 4.74 Å². The molecule has 0 aliphatic rings. The van der Waals surface area contributed by atoms with Crippen molar-refractivity contribution in [2.24, 2.45) is 0 Å². The molecule has 1 atom stereocenters. The van der Waals surface area contributed by atoms with Crippen molar-refractivity contribution in [3.8, 4) is 0 Å². The fraction of sp³-hybridized carbons (Fsp3) is 0.333. The summed E-state index contributed by atoms with van der Waals surface area (Å²) in [5.41, 5.74) is 0.467. The molecule has 0 aliphatic heterocycles. The molecule has 1 N–H and O–H groups in total. The van der Waals surface area contributed by atoms with E-state index in [0.717, 1.165) is 0 Å². The van der Waals surface area contributed by atoms with Gasteiger partial charge in [-0.3, -0.25) is 0 Å². The standard InChI is InChI=1S/C15H18N2O2S/c1-4-19-15(18)12-6-5-9-16-14(12)17-11(3)13-8-7-10(2)20-13/h5-9,11H,4H2,1-3H3,(H,16,17). The molecule has 0 saturated heterocycles. The van der Waals surface area contributed by atoms with Crippen molar-refractivity contribution in [2.75, 3.05) is 11.9 Å². The van der Waals surface area contributed by atoms with Crippen LogP contribution in [0.1, 0.15) is 40.0 Å². The SMILES string of the molecule is CCOC(=O)c1cccnc1NC(C)c1ccc(C)s1. The maximum absolute atomic E-state index is 11.9. The van der Waals surface area contributed by atoms with Gasteiger partial charge in [0.2, 0.25) is 0 Å². The molecule has 106 valence electrons. The third-order valence-electron chi connectivity index (χ3n) is 2.84. The maximum Gasteiger partial charge on any atom is 0.341 e. The molecule has 0 aromatic carbocycles. The molecule has 1 unspecified atom stereocenters. The Balaban J connectivity index is 2.18. The van der Waals surface area contributed by atoms with Crippen LogP contribution in [0.5, 0.6) is 0 Å². The predicted molar refractivity (Wildman–Crippen MR) is 81.3 cm³/mol. The van der Waals surface area contributed by atoms with Gasteiger partial charge in [-0.1, -0.05) is 0 Å². The van der Waals surface area contributed by atoms with Crippen LogP contribution in [0.2, 0.25) is 0 Å². The summed E-state index contributed by atoms with van der Waals surface area (Å²) in [6, 6.07) is 7.72. The Morgan fingerprint density at radius 3 is 2.90 bits per heavy atom. The number of pyridine rings is 1. The normalized spacial score (nSPS) is 11.9. The molecule has 0 saturated carbocycles.